The average Bonchev–Trinajstić information content (AvgIpc) is 2.57. The maximum Gasteiger partial charge on any atom is 0.123 e. The Kier molecular flexibility index (Phi) is 5.02. The van der Waals surface area contributed by atoms with Crippen molar-refractivity contribution in [3.63, 3.8) is 0 Å². The molecule has 18 heavy (non-hydrogen) atoms. The van der Waals surface area contributed by atoms with Crippen LogP contribution in [0.3, 0.4) is 0 Å². The van der Waals surface area contributed by atoms with E-state index in [1.54, 1.807) is 12.1 Å². The third kappa shape index (κ3) is 3.46. The number of benzene rings is 1. The average molecular weight is 270 g/mol. The van der Waals surface area contributed by atoms with E-state index in [-0.39, 0.29) is 5.82 Å². The molecule has 1 nitrogen and oxygen atoms in total. The fourth-order valence-electron chi connectivity index (χ4n) is 2.68. The highest BCUT2D eigenvalue weighted by Crippen LogP contribution is 2.21. The molecule has 1 aliphatic heterocycles. The highest BCUT2D eigenvalue weighted by molar-refractivity contribution is 6.18. The molecule has 2 rings (SSSR count). The second-order valence-corrected chi connectivity index (χ2v) is 5.51. The Morgan fingerprint density at radius 2 is 2.17 bits per heavy atom. The number of alkyl halides is 1. The summed E-state index contributed by atoms with van der Waals surface area (Å²) in [5, 5.41) is 0. The highest BCUT2D eigenvalue weighted by atomic mass is 35.5. The summed E-state index contributed by atoms with van der Waals surface area (Å²) in [6.45, 7) is 3.98. The minimum absolute atomic E-state index is 0.152. The van der Waals surface area contributed by atoms with Crippen LogP contribution in [0.15, 0.2) is 18.2 Å². The summed E-state index contributed by atoms with van der Waals surface area (Å²) in [6, 6.07) is 5.54. The molecular formula is C15H21ClFN. The molecule has 0 aliphatic carbocycles. The lowest BCUT2D eigenvalue weighted by atomic mass is 10.1. The molecule has 0 saturated carbocycles. The molecule has 100 valence electrons. The minimum Gasteiger partial charge on any atom is -0.295 e. The first-order chi connectivity index (χ1) is 8.70. The molecule has 0 radical (unpaired) electrons. The van der Waals surface area contributed by atoms with Crippen molar-refractivity contribution in [1.29, 1.82) is 0 Å². The topological polar surface area (TPSA) is 3.24 Å². The summed E-state index contributed by atoms with van der Waals surface area (Å²) < 4.78 is 13.1. The Morgan fingerprint density at radius 3 is 2.89 bits per heavy atom. The molecule has 1 fully saturated rings. The lowest BCUT2D eigenvalue weighted by Crippen LogP contribution is -2.35. The van der Waals surface area contributed by atoms with E-state index < -0.39 is 0 Å². The monoisotopic (exact) mass is 269 g/mol. The van der Waals surface area contributed by atoms with Gasteiger partial charge < -0.3 is 0 Å². The first-order valence-electron chi connectivity index (χ1n) is 6.75. The van der Waals surface area contributed by atoms with Gasteiger partial charge in [-0.3, -0.25) is 4.90 Å². The van der Waals surface area contributed by atoms with Crippen LogP contribution >= 0.6 is 11.6 Å². The van der Waals surface area contributed by atoms with Crippen LogP contribution in [0.2, 0.25) is 0 Å². The second-order valence-electron chi connectivity index (χ2n) is 5.20. The minimum atomic E-state index is -0.152. The summed E-state index contributed by atoms with van der Waals surface area (Å²) >= 11 is 6.08. The molecular weight excluding hydrogens is 249 g/mol. The molecule has 1 unspecified atom stereocenters. The first-order valence-corrected chi connectivity index (χ1v) is 7.29. The molecule has 0 spiro atoms. The van der Waals surface area contributed by atoms with Gasteiger partial charge in [0.1, 0.15) is 5.82 Å². The van der Waals surface area contributed by atoms with Crippen LogP contribution in [-0.4, -0.2) is 23.4 Å². The number of hydrogen-bond donors (Lipinski definition) is 0. The maximum atomic E-state index is 13.1. The van der Waals surface area contributed by atoms with Crippen molar-refractivity contribution in [3.05, 3.63) is 35.1 Å². The van der Waals surface area contributed by atoms with Crippen molar-refractivity contribution in [2.45, 2.75) is 45.2 Å². The molecule has 0 N–H and O–H groups in total. The van der Waals surface area contributed by atoms with Gasteiger partial charge in [0.25, 0.3) is 0 Å². The summed E-state index contributed by atoms with van der Waals surface area (Å²) in [6.07, 6.45) is 5.00. The first kappa shape index (κ1) is 13.8. The zero-order chi connectivity index (χ0) is 13.0. The van der Waals surface area contributed by atoms with E-state index >= 15 is 0 Å². The molecule has 3 heteroatoms. The van der Waals surface area contributed by atoms with Gasteiger partial charge in [-0.2, -0.15) is 0 Å². The van der Waals surface area contributed by atoms with E-state index in [4.69, 9.17) is 11.6 Å². The van der Waals surface area contributed by atoms with Crippen LogP contribution in [0.25, 0.3) is 0 Å². The number of rotatable bonds is 3. The van der Waals surface area contributed by atoms with Gasteiger partial charge in [0, 0.05) is 18.5 Å². The molecule has 1 saturated heterocycles. The normalized spacial score (nSPS) is 21.8. The van der Waals surface area contributed by atoms with E-state index in [0.717, 1.165) is 18.7 Å². The van der Waals surface area contributed by atoms with E-state index in [9.17, 15) is 4.39 Å². The molecule has 1 atom stereocenters. The zero-order valence-corrected chi connectivity index (χ0v) is 11.7. The highest BCUT2D eigenvalue weighted by Gasteiger charge is 2.20. The van der Waals surface area contributed by atoms with Gasteiger partial charge in [0.2, 0.25) is 0 Å². The number of halogens is 2. The smallest absolute Gasteiger partial charge is 0.123 e. The maximum absolute atomic E-state index is 13.1. The summed E-state index contributed by atoms with van der Waals surface area (Å²) in [4.78, 5) is 2.46. The predicted octanol–water partition coefficient (Wildman–Crippen LogP) is 4.12. The van der Waals surface area contributed by atoms with Crippen LogP contribution in [0.5, 0.6) is 0 Å². The van der Waals surface area contributed by atoms with Crippen LogP contribution in [0.4, 0.5) is 4.39 Å². The number of likely N-dealkylation sites (tertiary alicyclic amines) is 1. The van der Waals surface area contributed by atoms with E-state index in [1.165, 1.54) is 31.2 Å². The molecule has 1 aromatic carbocycles. The fourth-order valence-corrected chi connectivity index (χ4v) is 3.02. The quantitative estimate of drug-likeness (QED) is 0.746. The number of nitrogens with zero attached hydrogens (tertiary/aromatic N) is 1. The Morgan fingerprint density at radius 1 is 1.33 bits per heavy atom. The van der Waals surface area contributed by atoms with Crippen molar-refractivity contribution >= 4 is 11.6 Å². The third-order valence-electron chi connectivity index (χ3n) is 3.86. The summed E-state index contributed by atoms with van der Waals surface area (Å²) in [5.74, 6) is 0.543. The van der Waals surface area contributed by atoms with E-state index in [2.05, 4.69) is 4.90 Å². The molecule has 0 aromatic heterocycles. The number of hydrogen-bond acceptors (Lipinski definition) is 1. The second kappa shape index (κ2) is 6.53. The Bertz CT molecular complexity index is 394. The van der Waals surface area contributed by atoms with Crippen molar-refractivity contribution < 1.29 is 4.39 Å². The Balaban J connectivity index is 2.10. The van der Waals surface area contributed by atoms with Crippen molar-refractivity contribution in [3.8, 4) is 0 Å². The summed E-state index contributed by atoms with van der Waals surface area (Å²) in [7, 11) is 0. The van der Waals surface area contributed by atoms with Crippen molar-refractivity contribution in [2.75, 3.05) is 12.4 Å². The van der Waals surface area contributed by atoms with Gasteiger partial charge in [-0.25, -0.2) is 4.39 Å². The van der Waals surface area contributed by atoms with Crippen LogP contribution < -0.4 is 0 Å². The predicted molar refractivity (Wildman–Crippen MR) is 74.5 cm³/mol. The molecule has 1 aromatic rings. The lowest BCUT2D eigenvalue weighted by Gasteiger charge is -2.29. The van der Waals surface area contributed by atoms with Crippen molar-refractivity contribution in [2.24, 2.45) is 0 Å². The molecule has 1 heterocycles. The number of aryl methyl sites for hydroxylation is 1. The standard InChI is InChI=1S/C15H21ClFN/c1-12-9-14(17)7-6-13(12)11-18-8-4-2-3-5-15(18)10-16/h6-7,9,15H,2-5,8,10-11H2,1H3. The van der Waals surface area contributed by atoms with Gasteiger partial charge in [-0.1, -0.05) is 18.9 Å². The Labute approximate surface area is 114 Å². The molecule has 1 aliphatic rings. The van der Waals surface area contributed by atoms with Gasteiger partial charge >= 0.3 is 0 Å². The van der Waals surface area contributed by atoms with Gasteiger partial charge in [-0.15, -0.1) is 11.6 Å². The van der Waals surface area contributed by atoms with E-state index in [0.29, 0.717) is 11.9 Å². The SMILES string of the molecule is Cc1cc(F)ccc1CN1CCCCCC1CCl. The van der Waals surface area contributed by atoms with Crippen LogP contribution in [0.1, 0.15) is 36.8 Å². The van der Waals surface area contributed by atoms with Crippen LogP contribution in [0, 0.1) is 12.7 Å². The van der Waals surface area contributed by atoms with Gasteiger partial charge in [-0.05, 0) is 49.6 Å². The van der Waals surface area contributed by atoms with E-state index in [1.807, 2.05) is 13.0 Å². The largest absolute Gasteiger partial charge is 0.295 e. The third-order valence-corrected chi connectivity index (χ3v) is 4.21. The fraction of sp³-hybridized carbons (Fsp3) is 0.600. The molecule has 0 amide bonds. The molecule has 0 bridgehead atoms. The lowest BCUT2D eigenvalue weighted by molar-refractivity contribution is 0.207. The zero-order valence-electron chi connectivity index (χ0n) is 11.0. The van der Waals surface area contributed by atoms with Gasteiger partial charge in [0.15, 0.2) is 0 Å². The van der Waals surface area contributed by atoms with Crippen LogP contribution in [-0.2, 0) is 6.54 Å². The Hall–Kier alpha value is -0.600. The van der Waals surface area contributed by atoms with Gasteiger partial charge in [0.05, 0.1) is 0 Å². The summed E-state index contributed by atoms with van der Waals surface area (Å²) in [5.41, 5.74) is 2.25. The van der Waals surface area contributed by atoms with Crippen molar-refractivity contribution in [1.82, 2.24) is 4.90 Å².